The Kier molecular flexibility index (Phi) is 5.16. The molecule has 0 saturated carbocycles. The summed E-state index contributed by atoms with van der Waals surface area (Å²) in [6.07, 6.45) is -4.37. The van der Waals surface area contributed by atoms with Gasteiger partial charge in [0.05, 0.1) is 11.1 Å². The summed E-state index contributed by atoms with van der Waals surface area (Å²) in [4.78, 5) is 22.1. The van der Waals surface area contributed by atoms with E-state index in [1.54, 1.807) is 0 Å². The number of alkyl halides is 3. The summed E-state index contributed by atoms with van der Waals surface area (Å²) in [5.74, 6) is -1.26. The Hall–Kier alpha value is -1.80. The minimum Gasteiger partial charge on any atom is -0.478 e. The van der Waals surface area contributed by atoms with Crippen molar-refractivity contribution >= 4 is 39.9 Å². The molecule has 2 aromatic carbocycles. The summed E-state index contributed by atoms with van der Waals surface area (Å²) in [7, 11) is 0. The molecule has 0 aliphatic carbocycles. The van der Waals surface area contributed by atoms with Crippen molar-refractivity contribution < 1.29 is 27.9 Å². The lowest BCUT2D eigenvalue weighted by molar-refractivity contribution is -0.139. The van der Waals surface area contributed by atoms with E-state index in [-0.39, 0.29) is 25.4 Å². The molecule has 8 heteroatoms. The molecule has 1 N–H and O–H groups in total. The van der Waals surface area contributed by atoms with E-state index in [1.165, 1.54) is 30.3 Å². The van der Waals surface area contributed by atoms with E-state index in [4.69, 9.17) is 5.11 Å². The molecule has 0 aromatic heterocycles. The lowest BCUT2D eigenvalue weighted by atomic mass is 10.1. The number of carboxylic acids is 1. The molecule has 0 atom stereocenters. The maximum absolute atomic E-state index is 13.2. The highest BCUT2D eigenvalue weighted by Gasteiger charge is 2.35. The fourth-order valence-corrected chi connectivity index (χ4v) is 3.49. The zero-order chi connectivity index (χ0) is 17.2. The van der Waals surface area contributed by atoms with Crippen molar-refractivity contribution in [2.75, 3.05) is 0 Å². The molecule has 0 aliphatic rings. The molecule has 0 unspecified atom stereocenters. The Morgan fingerprint density at radius 1 is 1.22 bits per heavy atom. The predicted molar refractivity (Wildman–Crippen MR) is 82.1 cm³/mol. The van der Waals surface area contributed by atoms with Gasteiger partial charge in [0.2, 0.25) is 0 Å². The summed E-state index contributed by atoms with van der Waals surface area (Å²) >= 11 is 3.54. The molecular formula is C15H8BrF3O3S. The van der Waals surface area contributed by atoms with Gasteiger partial charge in [-0.3, -0.25) is 4.79 Å². The molecule has 0 radical (unpaired) electrons. The summed E-state index contributed by atoms with van der Waals surface area (Å²) in [6.45, 7) is 0. The van der Waals surface area contributed by atoms with Crippen LogP contribution < -0.4 is 0 Å². The Labute approximate surface area is 141 Å². The van der Waals surface area contributed by atoms with Gasteiger partial charge < -0.3 is 5.11 Å². The van der Waals surface area contributed by atoms with Gasteiger partial charge in [-0.15, -0.1) is 0 Å². The second-order valence-electron chi connectivity index (χ2n) is 4.39. The fraction of sp³-hybridized carbons (Fsp3) is 0.0667. The van der Waals surface area contributed by atoms with E-state index < -0.39 is 17.7 Å². The van der Waals surface area contributed by atoms with Gasteiger partial charge in [-0.05, 0) is 24.3 Å². The lowest BCUT2D eigenvalue weighted by Gasteiger charge is -2.16. The van der Waals surface area contributed by atoms with Gasteiger partial charge in [0, 0.05) is 19.8 Å². The normalized spacial score (nSPS) is 11.3. The number of carbonyl (C=O) groups excluding carboxylic acids is 1. The van der Waals surface area contributed by atoms with Crippen molar-refractivity contribution in [1.29, 1.82) is 0 Å². The zero-order valence-electron chi connectivity index (χ0n) is 11.2. The highest BCUT2D eigenvalue weighted by molar-refractivity contribution is 9.10. The van der Waals surface area contributed by atoms with Crippen LogP contribution in [0.5, 0.6) is 0 Å². The van der Waals surface area contributed by atoms with Gasteiger partial charge in [-0.25, -0.2) is 4.79 Å². The highest BCUT2D eigenvalue weighted by atomic mass is 79.9. The average molecular weight is 405 g/mol. The maximum atomic E-state index is 13.2. The van der Waals surface area contributed by atoms with E-state index >= 15 is 0 Å². The fourth-order valence-electron chi connectivity index (χ4n) is 1.87. The number of aldehydes is 1. The molecule has 0 saturated heterocycles. The van der Waals surface area contributed by atoms with Crippen LogP contribution in [0, 0.1) is 0 Å². The topological polar surface area (TPSA) is 54.4 Å². The molecule has 2 aromatic rings. The quantitative estimate of drug-likeness (QED) is 0.717. The Balaban J connectivity index is 2.64. The van der Waals surface area contributed by atoms with E-state index in [2.05, 4.69) is 15.9 Å². The Bertz CT molecular complexity index is 775. The van der Waals surface area contributed by atoms with Crippen molar-refractivity contribution in [3.63, 3.8) is 0 Å². The first-order valence-corrected chi connectivity index (χ1v) is 7.71. The zero-order valence-corrected chi connectivity index (χ0v) is 13.6. The molecule has 0 fully saturated rings. The summed E-state index contributed by atoms with van der Waals surface area (Å²) in [5.41, 5.74) is -1.30. The molecule has 0 aliphatic heterocycles. The summed E-state index contributed by atoms with van der Waals surface area (Å²) in [5, 5.41) is 9.13. The Morgan fingerprint density at radius 2 is 1.87 bits per heavy atom. The average Bonchev–Trinajstić information content (AvgIpc) is 2.47. The van der Waals surface area contributed by atoms with E-state index in [9.17, 15) is 22.8 Å². The van der Waals surface area contributed by atoms with Crippen LogP contribution in [0.1, 0.15) is 26.3 Å². The lowest BCUT2D eigenvalue weighted by Crippen LogP contribution is -2.09. The third-order valence-electron chi connectivity index (χ3n) is 2.84. The van der Waals surface area contributed by atoms with Crippen molar-refractivity contribution in [2.24, 2.45) is 0 Å². The number of aromatic carboxylic acids is 1. The van der Waals surface area contributed by atoms with Crippen LogP contribution in [-0.2, 0) is 6.18 Å². The van der Waals surface area contributed by atoms with Crippen LogP contribution in [-0.4, -0.2) is 17.4 Å². The number of rotatable bonds is 4. The van der Waals surface area contributed by atoms with Crippen LogP contribution in [0.15, 0.2) is 50.7 Å². The molecule has 23 heavy (non-hydrogen) atoms. The molecular weight excluding hydrogens is 397 g/mol. The standard InChI is InChI=1S/C15H8BrF3O3S/c16-9-5-8(7-20)13(11(6-9)15(17,18)19)23-12-4-2-1-3-10(12)14(21)22/h1-7H,(H,21,22). The van der Waals surface area contributed by atoms with Gasteiger partial charge in [-0.1, -0.05) is 39.8 Å². The van der Waals surface area contributed by atoms with Gasteiger partial charge in [0.15, 0.2) is 6.29 Å². The van der Waals surface area contributed by atoms with Crippen LogP contribution >= 0.6 is 27.7 Å². The summed E-state index contributed by atoms with van der Waals surface area (Å²) < 4.78 is 39.8. The molecule has 0 spiro atoms. The third-order valence-corrected chi connectivity index (χ3v) is 4.54. The monoisotopic (exact) mass is 404 g/mol. The maximum Gasteiger partial charge on any atom is 0.417 e. The van der Waals surface area contributed by atoms with E-state index in [0.29, 0.717) is 18.0 Å². The first-order chi connectivity index (χ1) is 10.7. The van der Waals surface area contributed by atoms with Crippen LogP contribution in [0.25, 0.3) is 0 Å². The van der Waals surface area contributed by atoms with Crippen molar-refractivity contribution in [2.45, 2.75) is 16.0 Å². The number of halogens is 4. The molecule has 0 heterocycles. The Morgan fingerprint density at radius 3 is 2.43 bits per heavy atom. The number of carboxylic acid groups (broad SMARTS) is 1. The first-order valence-electron chi connectivity index (χ1n) is 6.10. The van der Waals surface area contributed by atoms with Gasteiger partial charge in [-0.2, -0.15) is 13.2 Å². The molecule has 0 bridgehead atoms. The van der Waals surface area contributed by atoms with Gasteiger partial charge >= 0.3 is 12.1 Å². The SMILES string of the molecule is O=Cc1cc(Br)cc(C(F)(F)F)c1Sc1ccccc1C(=O)O. The number of carbonyl (C=O) groups is 2. The largest absolute Gasteiger partial charge is 0.478 e. The van der Waals surface area contributed by atoms with E-state index in [0.717, 1.165) is 6.07 Å². The second-order valence-corrected chi connectivity index (χ2v) is 6.36. The smallest absolute Gasteiger partial charge is 0.417 e. The van der Waals surface area contributed by atoms with Crippen molar-refractivity contribution in [3.8, 4) is 0 Å². The molecule has 0 amide bonds. The number of hydrogen-bond acceptors (Lipinski definition) is 3. The molecule has 3 nitrogen and oxygen atoms in total. The molecule has 120 valence electrons. The third kappa shape index (κ3) is 3.94. The van der Waals surface area contributed by atoms with Crippen molar-refractivity contribution in [3.05, 3.63) is 57.6 Å². The van der Waals surface area contributed by atoms with Gasteiger partial charge in [0.25, 0.3) is 0 Å². The summed E-state index contributed by atoms with van der Waals surface area (Å²) in [6, 6.07) is 7.79. The highest BCUT2D eigenvalue weighted by Crippen LogP contribution is 2.43. The first kappa shape index (κ1) is 17.6. The van der Waals surface area contributed by atoms with Crippen LogP contribution in [0.3, 0.4) is 0 Å². The predicted octanol–water partition coefficient (Wildman–Crippen LogP) is 5.13. The minimum atomic E-state index is -4.68. The second kappa shape index (κ2) is 6.76. The number of hydrogen-bond donors (Lipinski definition) is 1. The number of benzene rings is 2. The van der Waals surface area contributed by atoms with Gasteiger partial charge in [0.1, 0.15) is 0 Å². The minimum absolute atomic E-state index is 0.114. The van der Waals surface area contributed by atoms with E-state index in [1.807, 2.05) is 0 Å². The van der Waals surface area contributed by atoms with Crippen molar-refractivity contribution in [1.82, 2.24) is 0 Å². The van der Waals surface area contributed by atoms with Crippen LogP contribution in [0.2, 0.25) is 0 Å². The molecule has 2 rings (SSSR count). The van der Waals surface area contributed by atoms with Crippen LogP contribution in [0.4, 0.5) is 13.2 Å².